The number of nitrogens with zero attached hydrogens (tertiary/aromatic N) is 1. The zero-order valence-corrected chi connectivity index (χ0v) is 23.9. The highest BCUT2D eigenvalue weighted by Gasteiger charge is 2.40. The molecule has 1 aliphatic rings. The van der Waals surface area contributed by atoms with Crippen molar-refractivity contribution in [2.75, 3.05) is 6.61 Å². The van der Waals surface area contributed by atoms with Crippen LogP contribution in [0.1, 0.15) is 49.3 Å². The first-order valence-electron chi connectivity index (χ1n) is 13.4. The molecule has 0 amide bonds. The zero-order valence-electron chi connectivity index (χ0n) is 23.0. The van der Waals surface area contributed by atoms with Crippen LogP contribution < -0.4 is 10.4 Å². The number of carbonyl (C=O) groups excluding carboxylic acids is 1. The van der Waals surface area contributed by atoms with Crippen LogP contribution in [-0.4, -0.2) is 55.5 Å². The van der Waals surface area contributed by atoms with Crippen molar-refractivity contribution in [1.82, 2.24) is 4.67 Å². The topological polar surface area (TPSA) is 48.0 Å². The van der Waals surface area contributed by atoms with Gasteiger partial charge in [-0.25, -0.2) is 9.46 Å². The lowest BCUT2D eigenvalue weighted by Gasteiger charge is -2.37. The third-order valence-corrected chi connectivity index (χ3v) is 13.4. The van der Waals surface area contributed by atoms with Crippen molar-refractivity contribution in [3.8, 4) is 0 Å². The van der Waals surface area contributed by atoms with E-state index in [0.29, 0.717) is 13.0 Å². The van der Waals surface area contributed by atoms with Crippen molar-refractivity contribution in [2.24, 2.45) is 0 Å². The maximum atomic E-state index is 13.6. The highest BCUT2D eigenvalue weighted by molar-refractivity contribution is 7.67. The predicted molar refractivity (Wildman–Crippen MR) is 148 cm³/mol. The first-order valence-corrected chi connectivity index (χ1v) is 16.6. The minimum Gasteiger partial charge on any atom is -0.460 e. The smallest absolute Gasteiger partial charge is 0.370 e. The third kappa shape index (κ3) is 7.02. The lowest BCUT2D eigenvalue weighted by molar-refractivity contribution is 0.0359. The molecule has 1 aliphatic heterocycles. The van der Waals surface area contributed by atoms with Gasteiger partial charge in [0.2, 0.25) is 8.30 Å². The Balaban J connectivity index is 1.78. The molecule has 0 saturated carbocycles. The van der Waals surface area contributed by atoms with Crippen LogP contribution in [0.15, 0.2) is 60.7 Å². The summed E-state index contributed by atoms with van der Waals surface area (Å²) in [6.45, 7) is 13.1. The Morgan fingerprint density at radius 1 is 1.09 bits per heavy atom. The van der Waals surface area contributed by atoms with Crippen LogP contribution in [0.2, 0.25) is 12.6 Å². The first kappa shape index (κ1) is 26.5. The molecule has 1 unspecified atom stereocenters. The van der Waals surface area contributed by atoms with Gasteiger partial charge in [0, 0.05) is 19.9 Å². The number of carbonyl (C=O) groups is 1. The second kappa shape index (κ2) is 12.6. The van der Waals surface area contributed by atoms with E-state index in [9.17, 15) is 4.79 Å². The van der Waals surface area contributed by atoms with E-state index in [1.807, 2.05) is 19.1 Å². The van der Waals surface area contributed by atoms with E-state index in [4.69, 9.17) is 15.4 Å². The van der Waals surface area contributed by atoms with Crippen molar-refractivity contribution in [3.63, 3.8) is 0 Å². The van der Waals surface area contributed by atoms with E-state index in [0.717, 1.165) is 6.04 Å². The molecule has 2 aromatic carbocycles. The Bertz CT molecular complexity index is 902. The molecule has 35 heavy (non-hydrogen) atoms. The largest absolute Gasteiger partial charge is 0.460 e. The molecule has 1 saturated heterocycles. The zero-order chi connectivity index (χ0) is 26.3. The molecule has 0 aromatic heterocycles. The van der Waals surface area contributed by atoms with Gasteiger partial charge in [0.15, 0.2) is 0 Å². The summed E-state index contributed by atoms with van der Waals surface area (Å²) in [6.07, 6.45) is 0.121. The Morgan fingerprint density at radius 3 is 2.11 bits per heavy atom. The van der Waals surface area contributed by atoms with Gasteiger partial charge in [-0.1, -0.05) is 77.6 Å². The van der Waals surface area contributed by atoms with Crippen molar-refractivity contribution in [3.05, 3.63) is 60.7 Å². The first-order chi connectivity index (χ1) is 17.2. The number of benzene rings is 2. The molecule has 0 aliphatic carbocycles. The van der Waals surface area contributed by atoms with Gasteiger partial charge in [-0.3, -0.25) is 0 Å². The minimum atomic E-state index is -2.10. The van der Waals surface area contributed by atoms with E-state index < -0.39 is 16.4 Å². The van der Waals surface area contributed by atoms with E-state index >= 15 is 0 Å². The molecule has 192 valence electrons. The number of ether oxygens (including phenoxy) is 2. The summed E-state index contributed by atoms with van der Waals surface area (Å²) in [5.74, 6) is 0. The highest BCUT2D eigenvalue weighted by atomic mass is 31.2. The highest BCUT2D eigenvalue weighted by Crippen LogP contribution is 2.49. The summed E-state index contributed by atoms with van der Waals surface area (Å²) in [7, 11) is -3.76. The number of hydrogen-bond donors (Lipinski definition) is 0. The van der Waals surface area contributed by atoms with Gasteiger partial charge in [-0.15, -0.1) is 0 Å². The van der Waals surface area contributed by atoms with Gasteiger partial charge in [-0.2, -0.15) is 0 Å². The third-order valence-electron chi connectivity index (χ3n) is 6.69. The Morgan fingerprint density at radius 2 is 1.63 bits per heavy atom. The molecule has 0 spiro atoms. The molecule has 4 atom stereocenters. The average Bonchev–Trinajstić information content (AvgIpc) is 3.23. The van der Waals surface area contributed by atoms with Crippen LogP contribution in [0.3, 0.4) is 0 Å². The second-order valence-electron chi connectivity index (χ2n) is 10.1. The lowest BCUT2D eigenvalue weighted by atomic mass is 10.2. The second-order valence-corrected chi connectivity index (χ2v) is 16.0. The van der Waals surface area contributed by atoms with Gasteiger partial charge in [0.25, 0.3) is 0 Å². The standard InChI is InChI=1S/C28H42NO4PSi/c1-21(2)29(22(3)4)34(33-27-20-23(5)32-24(27)6)28(30)31-18-19-35(7,25-14-10-8-11-15-25)26-16-12-9-13-17-26/h8-17,21-24,27H,18-20H2,1-7H3/t23-,24+,27-,34?/m0/s1/i6D. The maximum Gasteiger partial charge on any atom is 0.370 e. The molecule has 0 N–H and O–H groups in total. The van der Waals surface area contributed by atoms with Crippen LogP contribution >= 0.6 is 8.30 Å². The molecular weight excluding hydrogens is 473 g/mol. The van der Waals surface area contributed by atoms with Crippen molar-refractivity contribution < 1.29 is 20.2 Å². The van der Waals surface area contributed by atoms with Crippen molar-refractivity contribution in [2.45, 2.75) is 90.9 Å². The van der Waals surface area contributed by atoms with Gasteiger partial charge < -0.3 is 14.0 Å². The number of rotatable bonds is 11. The summed E-state index contributed by atoms with van der Waals surface area (Å²) < 4.78 is 28.3. The molecule has 3 rings (SSSR count). The van der Waals surface area contributed by atoms with Crippen LogP contribution in [0.5, 0.6) is 0 Å². The Hall–Kier alpha value is -1.56. The number of hydrogen-bond acceptors (Lipinski definition) is 5. The quantitative estimate of drug-likeness (QED) is 0.270. The molecule has 1 heterocycles. The SMILES string of the molecule is [2H]C[C@H]1O[C@@H](C)C[C@@H]1OP(C(=O)OCC[Si](C)(c1ccccc1)c1ccccc1)N(C(C)C)C(C)C. The van der Waals surface area contributed by atoms with Crippen LogP contribution in [-0.2, 0) is 14.0 Å². The average molecular weight is 517 g/mol. The Kier molecular flexibility index (Phi) is 9.54. The monoisotopic (exact) mass is 516 g/mol. The normalized spacial score (nSPS) is 22.0. The van der Waals surface area contributed by atoms with Crippen LogP contribution in [0, 0.1) is 0 Å². The summed E-state index contributed by atoms with van der Waals surface area (Å²) in [5.41, 5.74) is -0.298. The fourth-order valence-electron chi connectivity index (χ4n) is 4.83. The van der Waals surface area contributed by atoms with Crippen LogP contribution in [0.4, 0.5) is 4.79 Å². The van der Waals surface area contributed by atoms with E-state index in [-0.39, 0.29) is 43.0 Å². The molecule has 0 radical (unpaired) electrons. The van der Waals surface area contributed by atoms with Gasteiger partial charge in [-0.05, 0) is 47.6 Å². The van der Waals surface area contributed by atoms with Gasteiger partial charge in [0.1, 0.15) is 8.07 Å². The molecule has 5 nitrogen and oxygen atoms in total. The van der Waals surface area contributed by atoms with E-state index in [2.05, 4.69) is 87.4 Å². The summed E-state index contributed by atoms with van der Waals surface area (Å²) in [4.78, 5) is 13.6. The minimum absolute atomic E-state index is 0.0215. The summed E-state index contributed by atoms with van der Waals surface area (Å²) in [5, 5.41) is 2.65. The summed E-state index contributed by atoms with van der Waals surface area (Å²) >= 11 is 0. The molecule has 1 fully saturated rings. The molecule has 0 bridgehead atoms. The lowest BCUT2D eigenvalue weighted by Crippen LogP contribution is -2.56. The maximum absolute atomic E-state index is 13.6. The fourth-order valence-corrected chi connectivity index (χ4v) is 10.0. The fraction of sp³-hybridized carbons (Fsp3) is 0.536. The van der Waals surface area contributed by atoms with Crippen molar-refractivity contribution in [1.29, 1.82) is 0 Å². The molecular formula is C28H42NO4PSi. The van der Waals surface area contributed by atoms with Crippen molar-refractivity contribution >= 4 is 32.5 Å². The van der Waals surface area contributed by atoms with E-state index in [1.165, 1.54) is 10.4 Å². The van der Waals surface area contributed by atoms with Crippen LogP contribution in [0.25, 0.3) is 0 Å². The molecule has 2 aromatic rings. The summed E-state index contributed by atoms with van der Waals surface area (Å²) in [6, 6.07) is 22.2. The van der Waals surface area contributed by atoms with Gasteiger partial charge in [0.05, 0.1) is 24.9 Å². The Labute approximate surface area is 215 Å². The molecule has 7 heteroatoms. The predicted octanol–water partition coefficient (Wildman–Crippen LogP) is 6.03. The van der Waals surface area contributed by atoms with Gasteiger partial charge >= 0.3 is 5.71 Å². The van der Waals surface area contributed by atoms with E-state index in [1.54, 1.807) is 0 Å².